The number of para-hydroxylation sites is 1. The quantitative estimate of drug-likeness (QED) is 0.396. The maximum atomic E-state index is 11.8. The Labute approximate surface area is 121 Å². The molecule has 21 heavy (non-hydrogen) atoms. The van der Waals surface area contributed by atoms with Gasteiger partial charge in [0.15, 0.2) is 5.57 Å². The number of aliphatic hydroxyl groups is 1. The van der Waals surface area contributed by atoms with Crippen molar-refractivity contribution in [3.63, 3.8) is 0 Å². The number of methoxy groups -OCH3 is 1. The van der Waals surface area contributed by atoms with Gasteiger partial charge in [-0.1, -0.05) is 18.2 Å². The van der Waals surface area contributed by atoms with Crippen LogP contribution in [0.4, 0.5) is 0 Å². The van der Waals surface area contributed by atoms with Crippen molar-refractivity contribution in [3.05, 3.63) is 41.2 Å². The lowest BCUT2D eigenvalue weighted by Crippen LogP contribution is -2.42. The molecule has 1 aliphatic rings. The maximum absolute atomic E-state index is 11.8. The first-order valence-corrected chi connectivity index (χ1v) is 6.35. The summed E-state index contributed by atoms with van der Waals surface area (Å²) in [5.41, 5.74) is 0.149. The topological polar surface area (TPSA) is 82.1 Å². The molecule has 6 heteroatoms. The molecule has 1 saturated heterocycles. The minimum atomic E-state index is -1.33. The molecule has 1 heterocycles. The predicted molar refractivity (Wildman–Crippen MR) is 72.6 cm³/mol. The molecule has 0 amide bonds. The number of hydrogen-bond acceptors (Lipinski definition) is 6. The molecule has 0 aliphatic carbocycles. The van der Waals surface area contributed by atoms with Gasteiger partial charge in [-0.15, -0.1) is 0 Å². The molecule has 1 aliphatic heterocycles. The number of benzene rings is 1. The summed E-state index contributed by atoms with van der Waals surface area (Å²) in [5.74, 6) is -3.00. The average Bonchev–Trinajstić information content (AvgIpc) is 2.36. The van der Waals surface area contributed by atoms with E-state index in [9.17, 15) is 14.7 Å². The van der Waals surface area contributed by atoms with Crippen molar-refractivity contribution in [1.82, 2.24) is 0 Å². The Hall–Kier alpha value is -2.50. The minimum Gasteiger partial charge on any atom is -0.511 e. The van der Waals surface area contributed by atoms with E-state index in [-0.39, 0.29) is 6.42 Å². The smallest absolute Gasteiger partial charge is 0.352 e. The third-order valence-electron chi connectivity index (χ3n) is 2.92. The molecule has 0 spiro atoms. The molecule has 2 rings (SSSR count). The number of ether oxygens (including phenoxy) is 3. The Bertz CT molecular complexity index is 592. The molecule has 6 nitrogen and oxygen atoms in total. The van der Waals surface area contributed by atoms with Crippen LogP contribution in [0.1, 0.15) is 19.4 Å². The molecule has 1 aromatic rings. The van der Waals surface area contributed by atoms with Crippen LogP contribution < -0.4 is 4.74 Å². The van der Waals surface area contributed by atoms with Crippen molar-refractivity contribution in [1.29, 1.82) is 0 Å². The number of cyclic esters (lactones) is 2. The zero-order valence-corrected chi connectivity index (χ0v) is 12.0. The van der Waals surface area contributed by atoms with Gasteiger partial charge in [0.2, 0.25) is 0 Å². The van der Waals surface area contributed by atoms with Crippen molar-refractivity contribution >= 4 is 11.9 Å². The van der Waals surface area contributed by atoms with E-state index in [1.165, 1.54) is 21.0 Å². The Morgan fingerprint density at radius 2 is 1.76 bits per heavy atom. The van der Waals surface area contributed by atoms with Crippen LogP contribution in [0, 0.1) is 0 Å². The van der Waals surface area contributed by atoms with Gasteiger partial charge in [0, 0.05) is 25.8 Å². The second-order valence-electron chi connectivity index (χ2n) is 4.99. The highest BCUT2D eigenvalue weighted by Gasteiger charge is 2.41. The molecule has 0 aromatic heterocycles. The number of allylic oxidation sites excluding steroid dienone is 1. The number of esters is 2. The first kappa shape index (κ1) is 14.9. The largest absolute Gasteiger partial charge is 0.511 e. The number of aliphatic hydroxyl groups excluding tert-OH is 1. The standard InChI is InChI=1S/C15H16O6/c1-15(2)20-13(17)12(14(18)21-15)10(16)8-9-6-4-5-7-11(9)19-3/h4-7,16H,8H2,1-3H3. The van der Waals surface area contributed by atoms with E-state index in [0.29, 0.717) is 11.3 Å². The van der Waals surface area contributed by atoms with Crippen LogP contribution in [0.25, 0.3) is 0 Å². The molecule has 0 atom stereocenters. The summed E-state index contributed by atoms with van der Waals surface area (Å²) in [6.45, 7) is 2.88. The molecule has 0 saturated carbocycles. The minimum absolute atomic E-state index is 0.0377. The van der Waals surface area contributed by atoms with Crippen molar-refractivity contribution in [2.45, 2.75) is 26.1 Å². The summed E-state index contributed by atoms with van der Waals surface area (Å²) in [7, 11) is 1.49. The van der Waals surface area contributed by atoms with Crippen LogP contribution >= 0.6 is 0 Å². The van der Waals surface area contributed by atoms with Crippen LogP contribution in [0.2, 0.25) is 0 Å². The molecule has 112 valence electrons. The van der Waals surface area contributed by atoms with Gasteiger partial charge < -0.3 is 19.3 Å². The molecule has 1 aromatic carbocycles. The van der Waals surface area contributed by atoms with E-state index in [1.807, 2.05) is 0 Å². The van der Waals surface area contributed by atoms with Crippen LogP contribution in [-0.4, -0.2) is 29.9 Å². The first-order valence-electron chi connectivity index (χ1n) is 6.35. The van der Waals surface area contributed by atoms with Crippen molar-refractivity contribution in [2.24, 2.45) is 0 Å². The molecular formula is C15H16O6. The summed E-state index contributed by atoms with van der Waals surface area (Å²) < 4.78 is 15.0. The van der Waals surface area contributed by atoms with Gasteiger partial charge >= 0.3 is 11.9 Å². The van der Waals surface area contributed by atoms with Gasteiger partial charge in [-0.2, -0.15) is 0 Å². The van der Waals surface area contributed by atoms with Gasteiger partial charge in [-0.05, 0) is 6.07 Å². The number of hydrogen-bond donors (Lipinski definition) is 1. The first-order chi connectivity index (χ1) is 9.84. The van der Waals surface area contributed by atoms with Gasteiger partial charge in [0.1, 0.15) is 11.5 Å². The summed E-state index contributed by atoms with van der Waals surface area (Å²) >= 11 is 0. The summed E-state index contributed by atoms with van der Waals surface area (Å²) in [6.07, 6.45) is -0.0377. The average molecular weight is 292 g/mol. The van der Waals surface area contributed by atoms with E-state index in [4.69, 9.17) is 14.2 Å². The van der Waals surface area contributed by atoms with Crippen LogP contribution in [0.3, 0.4) is 0 Å². The zero-order valence-electron chi connectivity index (χ0n) is 12.0. The zero-order chi connectivity index (χ0) is 15.6. The van der Waals surface area contributed by atoms with E-state index < -0.39 is 29.1 Å². The molecule has 0 bridgehead atoms. The Morgan fingerprint density at radius 1 is 1.19 bits per heavy atom. The fraction of sp³-hybridized carbons (Fsp3) is 0.333. The fourth-order valence-corrected chi connectivity index (χ4v) is 2.01. The third-order valence-corrected chi connectivity index (χ3v) is 2.92. The molecule has 1 N–H and O–H groups in total. The monoisotopic (exact) mass is 292 g/mol. The molecule has 0 unspecified atom stereocenters. The van der Waals surface area contributed by atoms with E-state index in [2.05, 4.69) is 0 Å². The second kappa shape index (κ2) is 5.47. The number of carbonyl (C=O) groups excluding carboxylic acids is 2. The fourth-order valence-electron chi connectivity index (χ4n) is 2.01. The third kappa shape index (κ3) is 3.16. The lowest BCUT2D eigenvalue weighted by Gasteiger charge is -2.30. The predicted octanol–water partition coefficient (Wildman–Crippen LogP) is 1.89. The lowest BCUT2D eigenvalue weighted by molar-refractivity contribution is -0.222. The maximum Gasteiger partial charge on any atom is 0.352 e. The summed E-state index contributed by atoms with van der Waals surface area (Å²) in [6, 6.07) is 6.97. The highest BCUT2D eigenvalue weighted by Crippen LogP contribution is 2.27. The Kier molecular flexibility index (Phi) is 3.88. The lowest BCUT2D eigenvalue weighted by atomic mass is 10.1. The summed E-state index contributed by atoms with van der Waals surface area (Å²) in [4.78, 5) is 23.7. The highest BCUT2D eigenvalue weighted by atomic mass is 16.7. The van der Waals surface area contributed by atoms with Gasteiger partial charge in [-0.25, -0.2) is 9.59 Å². The number of carbonyl (C=O) groups is 2. The second-order valence-corrected chi connectivity index (χ2v) is 4.99. The van der Waals surface area contributed by atoms with E-state index >= 15 is 0 Å². The van der Waals surface area contributed by atoms with Crippen molar-refractivity contribution in [2.75, 3.05) is 7.11 Å². The Morgan fingerprint density at radius 3 is 2.33 bits per heavy atom. The highest BCUT2D eigenvalue weighted by molar-refractivity contribution is 6.15. The van der Waals surface area contributed by atoms with Gasteiger partial charge in [0.05, 0.1) is 7.11 Å². The molecule has 0 radical (unpaired) electrons. The molecular weight excluding hydrogens is 276 g/mol. The van der Waals surface area contributed by atoms with Crippen LogP contribution in [-0.2, 0) is 25.5 Å². The number of rotatable bonds is 3. The van der Waals surface area contributed by atoms with Crippen molar-refractivity contribution < 1.29 is 28.9 Å². The van der Waals surface area contributed by atoms with E-state index in [0.717, 1.165) is 0 Å². The normalized spacial score (nSPS) is 17.0. The van der Waals surface area contributed by atoms with Gasteiger partial charge in [0.25, 0.3) is 5.79 Å². The van der Waals surface area contributed by atoms with E-state index in [1.54, 1.807) is 24.3 Å². The van der Waals surface area contributed by atoms with Crippen LogP contribution in [0.5, 0.6) is 5.75 Å². The van der Waals surface area contributed by atoms with Crippen LogP contribution in [0.15, 0.2) is 35.6 Å². The Balaban J connectivity index is 2.31. The SMILES string of the molecule is COc1ccccc1CC(O)=C1C(=O)OC(C)(C)OC1=O. The molecule has 1 fully saturated rings. The van der Waals surface area contributed by atoms with Gasteiger partial charge in [-0.3, -0.25) is 0 Å². The van der Waals surface area contributed by atoms with Crippen molar-refractivity contribution in [3.8, 4) is 5.75 Å². The summed E-state index contributed by atoms with van der Waals surface area (Å²) in [5, 5.41) is 10.1.